The van der Waals surface area contributed by atoms with E-state index in [1.807, 2.05) is 12.1 Å². The van der Waals surface area contributed by atoms with Crippen molar-refractivity contribution in [2.24, 2.45) is 5.92 Å². The summed E-state index contributed by atoms with van der Waals surface area (Å²) in [6, 6.07) is 8.22. The van der Waals surface area contributed by atoms with Crippen LogP contribution in [0.2, 0.25) is 0 Å². The summed E-state index contributed by atoms with van der Waals surface area (Å²) in [6.07, 6.45) is 8.63. The van der Waals surface area contributed by atoms with Gasteiger partial charge in [-0.1, -0.05) is 42.0 Å². The summed E-state index contributed by atoms with van der Waals surface area (Å²) in [6.45, 7) is 5.35. The Balaban J connectivity index is 1.41. The van der Waals surface area contributed by atoms with Gasteiger partial charge < -0.3 is 15.3 Å². The van der Waals surface area contributed by atoms with E-state index >= 15 is 0 Å². The Morgan fingerprint density at radius 1 is 1.24 bits per heavy atom. The molecule has 1 atom stereocenters. The molecule has 1 heterocycles. The minimum absolute atomic E-state index is 0.151. The monoisotopic (exact) mass is 342 g/mol. The molecular weight excluding hydrogens is 312 g/mol. The van der Waals surface area contributed by atoms with E-state index in [0.717, 1.165) is 57.3 Å². The highest BCUT2D eigenvalue weighted by atomic mass is 16.3. The summed E-state index contributed by atoms with van der Waals surface area (Å²) in [5.74, 6) is 0.343. The molecule has 1 unspecified atom stereocenters. The second-order valence-electron chi connectivity index (χ2n) is 7.51. The van der Waals surface area contributed by atoms with E-state index in [1.54, 1.807) is 0 Å². The third kappa shape index (κ3) is 4.71. The molecule has 136 valence electrons. The normalized spacial score (nSPS) is 23.4. The van der Waals surface area contributed by atoms with Gasteiger partial charge in [-0.05, 0) is 44.6 Å². The molecule has 4 heteroatoms. The molecular formula is C21H30N2O2. The molecule has 0 bridgehead atoms. The number of hydrogen-bond acceptors (Lipinski definition) is 3. The van der Waals surface area contributed by atoms with Crippen LogP contribution in [0.3, 0.4) is 0 Å². The van der Waals surface area contributed by atoms with Crippen LogP contribution in [0.25, 0.3) is 0 Å². The number of aliphatic hydroxyl groups is 1. The summed E-state index contributed by atoms with van der Waals surface area (Å²) in [7, 11) is 0. The van der Waals surface area contributed by atoms with Gasteiger partial charge in [-0.2, -0.15) is 0 Å². The Kier molecular flexibility index (Phi) is 5.92. The van der Waals surface area contributed by atoms with Crippen molar-refractivity contribution >= 4 is 5.91 Å². The van der Waals surface area contributed by atoms with Crippen molar-refractivity contribution in [1.82, 2.24) is 10.2 Å². The Morgan fingerprint density at radius 3 is 2.60 bits per heavy atom. The minimum atomic E-state index is -0.706. The van der Waals surface area contributed by atoms with Crippen molar-refractivity contribution < 1.29 is 9.90 Å². The number of amides is 1. The zero-order valence-corrected chi connectivity index (χ0v) is 15.2. The number of hydrogen-bond donors (Lipinski definition) is 2. The fourth-order valence-corrected chi connectivity index (χ4v) is 3.81. The van der Waals surface area contributed by atoms with Crippen molar-refractivity contribution in [3.63, 3.8) is 0 Å². The molecule has 1 aromatic carbocycles. The Labute approximate surface area is 150 Å². The first-order valence-electron chi connectivity index (χ1n) is 9.51. The molecule has 1 amide bonds. The van der Waals surface area contributed by atoms with Crippen LogP contribution in [-0.2, 0) is 10.4 Å². The van der Waals surface area contributed by atoms with E-state index in [-0.39, 0.29) is 11.8 Å². The molecule has 1 aromatic rings. The minimum Gasteiger partial charge on any atom is -0.385 e. The lowest BCUT2D eigenvalue weighted by Crippen LogP contribution is -2.45. The molecule has 0 saturated carbocycles. The van der Waals surface area contributed by atoms with Gasteiger partial charge in [-0.25, -0.2) is 0 Å². The number of likely N-dealkylation sites (tertiary alicyclic amines) is 1. The maximum Gasteiger partial charge on any atom is 0.223 e. The summed E-state index contributed by atoms with van der Waals surface area (Å²) in [4.78, 5) is 14.5. The van der Waals surface area contributed by atoms with Crippen molar-refractivity contribution in [1.29, 1.82) is 0 Å². The molecule has 0 aromatic heterocycles. The third-order valence-electron chi connectivity index (χ3n) is 5.64. The first-order valence-corrected chi connectivity index (χ1v) is 9.51. The average molecular weight is 342 g/mol. The first-order chi connectivity index (χ1) is 12.1. The van der Waals surface area contributed by atoms with Gasteiger partial charge >= 0.3 is 0 Å². The lowest BCUT2D eigenvalue weighted by Gasteiger charge is -2.38. The molecule has 3 rings (SSSR count). The quantitative estimate of drug-likeness (QED) is 0.809. The molecule has 2 aliphatic rings. The van der Waals surface area contributed by atoms with E-state index in [4.69, 9.17) is 0 Å². The SMILES string of the molecule is Cc1ccc(C2(O)CCN(CCNC(=O)C3CC=CCC3)CC2)cc1. The number of benzene rings is 1. The largest absolute Gasteiger partial charge is 0.385 e. The molecule has 2 N–H and O–H groups in total. The lowest BCUT2D eigenvalue weighted by molar-refractivity contribution is -0.125. The van der Waals surface area contributed by atoms with E-state index < -0.39 is 5.60 Å². The highest BCUT2D eigenvalue weighted by Crippen LogP contribution is 2.32. The number of aryl methyl sites for hydroxylation is 1. The number of carbonyl (C=O) groups is 1. The average Bonchev–Trinajstić information content (AvgIpc) is 2.64. The van der Waals surface area contributed by atoms with E-state index in [2.05, 4.69) is 41.4 Å². The van der Waals surface area contributed by atoms with Crippen molar-refractivity contribution in [3.05, 3.63) is 47.5 Å². The molecule has 1 aliphatic heterocycles. The van der Waals surface area contributed by atoms with Gasteiger partial charge in [-0.3, -0.25) is 4.79 Å². The zero-order valence-electron chi connectivity index (χ0n) is 15.2. The molecule has 1 fully saturated rings. The number of rotatable bonds is 5. The van der Waals surface area contributed by atoms with Gasteiger partial charge in [0.05, 0.1) is 5.60 Å². The van der Waals surface area contributed by atoms with Crippen LogP contribution in [0.15, 0.2) is 36.4 Å². The molecule has 1 aliphatic carbocycles. The Hall–Kier alpha value is -1.65. The Bertz CT molecular complexity index is 601. The summed E-state index contributed by atoms with van der Waals surface area (Å²) in [5.41, 5.74) is 1.53. The van der Waals surface area contributed by atoms with Crippen LogP contribution in [0.5, 0.6) is 0 Å². The van der Waals surface area contributed by atoms with Gasteiger partial charge in [0, 0.05) is 32.1 Å². The van der Waals surface area contributed by atoms with Gasteiger partial charge in [-0.15, -0.1) is 0 Å². The van der Waals surface area contributed by atoms with Crippen LogP contribution in [-0.4, -0.2) is 42.1 Å². The lowest BCUT2D eigenvalue weighted by atomic mass is 9.84. The molecule has 4 nitrogen and oxygen atoms in total. The van der Waals surface area contributed by atoms with Crippen LogP contribution in [0.1, 0.15) is 43.2 Å². The topological polar surface area (TPSA) is 52.6 Å². The first kappa shape index (κ1) is 18.2. The highest BCUT2D eigenvalue weighted by Gasteiger charge is 2.33. The maximum absolute atomic E-state index is 12.2. The van der Waals surface area contributed by atoms with Gasteiger partial charge in [0.25, 0.3) is 0 Å². The van der Waals surface area contributed by atoms with Crippen LogP contribution in [0, 0.1) is 12.8 Å². The molecule has 0 spiro atoms. The second-order valence-corrected chi connectivity index (χ2v) is 7.51. The predicted octanol–water partition coefficient (Wildman–Crippen LogP) is 2.75. The van der Waals surface area contributed by atoms with E-state index in [0.29, 0.717) is 6.54 Å². The summed E-state index contributed by atoms with van der Waals surface area (Å²) >= 11 is 0. The number of nitrogens with zero attached hydrogens (tertiary/aromatic N) is 1. The molecule has 0 radical (unpaired) electrons. The smallest absolute Gasteiger partial charge is 0.223 e. The van der Waals surface area contributed by atoms with Crippen molar-refractivity contribution in [3.8, 4) is 0 Å². The fourth-order valence-electron chi connectivity index (χ4n) is 3.81. The Morgan fingerprint density at radius 2 is 1.96 bits per heavy atom. The van der Waals surface area contributed by atoms with Crippen molar-refractivity contribution in [2.45, 2.75) is 44.6 Å². The predicted molar refractivity (Wildman–Crippen MR) is 100 cm³/mol. The van der Waals surface area contributed by atoms with Gasteiger partial charge in [0.1, 0.15) is 0 Å². The molecule has 25 heavy (non-hydrogen) atoms. The number of piperidine rings is 1. The zero-order chi connectivity index (χ0) is 17.7. The number of allylic oxidation sites excluding steroid dienone is 2. The maximum atomic E-state index is 12.2. The second kappa shape index (κ2) is 8.15. The van der Waals surface area contributed by atoms with Gasteiger partial charge in [0.15, 0.2) is 0 Å². The summed E-state index contributed by atoms with van der Waals surface area (Å²) < 4.78 is 0. The van der Waals surface area contributed by atoms with E-state index in [9.17, 15) is 9.90 Å². The van der Waals surface area contributed by atoms with Crippen LogP contribution in [0.4, 0.5) is 0 Å². The van der Waals surface area contributed by atoms with E-state index in [1.165, 1.54) is 5.56 Å². The van der Waals surface area contributed by atoms with Crippen LogP contribution >= 0.6 is 0 Å². The highest BCUT2D eigenvalue weighted by molar-refractivity contribution is 5.78. The third-order valence-corrected chi connectivity index (χ3v) is 5.64. The van der Waals surface area contributed by atoms with Crippen LogP contribution < -0.4 is 5.32 Å². The number of carbonyl (C=O) groups excluding carboxylic acids is 1. The fraction of sp³-hybridized carbons (Fsp3) is 0.571. The number of nitrogens with one attached hydrogen (secondary N) is 1. The molecule has 1 saturated heterocycles. The standard InChI is InChI=1S/C21H30N2O2/c1-17-7-9-19(10-8-17)21(25)11-14-23(15-12-21)16-13-22-20(24)18-5-3-2-4-6-18/h2-3,7-10,18,25H,4-6,11-16H2,1H3,(H,22,24). The van der Waals surface area contributed by atoms with Crippen molar-refractivity contribution in [2.75, 3.05) is 26.2 Å². The summed E-state index contributed by atoms with van der Waals surface area (Å²) in [5, 5.41) is 14.0. The van der Waals surface area contributed by atoms with Gasteiger partial charge in [0.2, 0.25) is 5.91 Å².